The smallest absolute Gasteiger partial charge is 0.262 e. The van der Waals surface area contributed by atoms with Crippen molar-refractivity contribution in [3.8, 4) is 5.75 Å². The summed E-state index contributed by atoms with van der Waals surface area (Å²) in [5.74, 6) is 0.154. The van der Waals surface area contributed by atoms with Crippen molar-refractivity contribution in [3.63, 3.8) is 0 Å². The van der Waals surface area contributed by atoms with Gasteiger partial charge >= 0.3 is 0 Å². The van der Waals surface area contributed by atoms with Crippen molar-refractivity contribution in [2.45, 2.75) is 25.7 Å². The molecule has 1 aliphatic rings. The van der Waals surface area contributed by atoms with Crippen LogP contribution in [0.3, 0.4) is 0 Å². The van der Waals surface area contributed by atoms with Crippen molar-refractivity contribution >= 4 is 29.1 Å². The van der Waals surface area contributed by atoms with E-state index in [0.29, 0.717) is 22.0 Å². The van der Waals surface area contributed by atoms with E-state index in [1.165, 1.54) is 0 Å². The summed E-state index contributed by atoms with van der Waals surface area (Å²) >= 11 is 5.91. The van der Waals surface area contributed by atoms with Crippen LogP contribution in [0, 0.1) is 0 Å². The van der Waals surface area contributed by atoms with Crippen molar-refractivity contribution in [3.05, 3.63) is 59.1 Å². The molecule has 1 N–H and O–H groups in total. The number of anilines is 1. The van der Waals surface area contributed by atoms with Crippen LogP contribution in [-0.4, -0.2) is 36.4 Å². The molecule has 1 fully saturated rings. The molecule has 0 unspecified atom stereocenters. The number of carbonyl (C=O) groups excluding carboxylic acids is 2. The van der Waals surface area contributed by atoms with Crippen LogP contribution >= 0.6 is 11.6 Å². The molecule has 6 heteroatoms. The van der Waals surface area contributed by atoms with E-state index in [1.807, 2.05) is 11.0 Å². The minimum absolute atomic E-state index is 0.0384. The van der Waals surface area contributed by atoms with E-state index >= 15 is 0 Å². The van der Waals surface area contributed by atoms with Crippen LogP contribution in [0.5, 0.6) is 5.75 Å². The number of hydrogen-bond donors (Lipinski definition) is 1. The highest BCUT2D eigenvalue weighted by Gasteiger charge is 2.20. The number of nitrogens with one attached hydrogen (secondary N) is 1. The number of rotatable bonds is 5. The van der Waals surface area contributed by atoms with Crippen LogP contribution in [0.1, 0.15) is 36.0 Å². The van der Waals surface area contributed by atoms with Crippen LogP contribution < -0.4 is 10.1 Å². The number of benzene rings is 2. The molecular formula is C21H23ClN2O3. The first kappa shape index (κ1) is 19.2. The lowest BCUT2D eigenvalue weighted by molar-refractivity contribution is -0.118. The Morgan fingerprint density at radius 2 is 1.74 bits per heavy atom. The van der Waals surface area contributed by atoms with Gasteiger partial charge in [-0.05, 0) is 43.2 Å². The third kappa shape index (κ3) is 5.47. The zero-order valence-electron chi connectivity index (χ0n) is 15.1. The van der Waals surface area contributed by atoms with Crippen molar-refractivity contribution in [1.29, 1.82) is 0 Å². The van der Waals surface area contributed by atoms with E-state index in [0.717, 1.165) is 38.8 Å². The molecule has 0 radical (unpaired) electrons. The van der Waals surface area contributed by atoms with Gasteiger partial charge in [0.25, 0.3) is 11.8 Å². The van der Waals surface area contributed by atoms with E-state index in [1.54, 1.807) is 42.5 Å². The van der Waals surface area contributed by atoms with Crippen LogP contribution in [0.15, 0.2) is 48.5 Å². The van der Waals surface area contributed by atoms with Crippen LogP contribution in [0.2, 0.25) is 5.02 Å². The van der Waals surface area contributed by atoms with Gasteiger partial charge in [-0.15, -0.1) is 0 Å². The lowest BCUT2D eigenvalue weighted by Gasteiger charge is -2.22. The highest BCUT2D eigenvalue weighted by Crippen LogP contribution is 2.20. The minimum Gasteiger partial charge on any atom is -0.484 e. The summed E-state index contributed by atoms with van der Waals surface area (Å²) in [5.41, 5.74) is 1.02. The Kier molecular flexibility index (Phi) is 6.71. The van der Waals surface area contributed by atoms with Crippen LogP contribution in [-0.2, 0) is 4.79 Å². The van der Waals surface area contributed by atoms with Gasteiger partial charge in [0.1, 0.15) is 5.75 Å². The van der Waals surface area contributed by atoms with E-state index in [-0.39, 0.29) is 18.4 Å². The molecule has 0 bridgehead atoms. The fourth-order valence-electron chi connectivity index (χ4n) is 3.11. The molecule has 1 heterocycles. The molecule has 2 aromatic rings. The second-order valence-corrected chi connectivity index (χ2v) is 6.98. The maximum absolute atomic E-state index is 12.9. The number of ether oxygens (including phenoxy) is 1. The largest absolute Gasteiger partial charge is 0.484 e. The van der Waals surface area contributed by atoms with Crippen molar-refractivity contribution in [2.75, 3.05) is 25.0 Å². The molecule has 1 aliphatic heterocycles. The third-order valence-electron chi connectivity index (χ3n) is 4.49. The molecule has 1 saturated heterocycles. The molecule has 2 amide bonds. The van der Waals surface area contributed by atoms with E-state index in [2.05, 4.69) is 5.32 Å². The summed E-state index contributed by atoms with van der Waals surface area (Å²) < 4.78 is 5.46. The number of halogens is 1. The lowest BCUT2D eigenvalue weighted by atomic mass is 10.1. The zero-order valence-corrected chi connectivity index (χ0v) is 15.9. The van der Waals surface area contributed by atoms with Gasteiger partial charge in [-0.1, -0.05) is 42.6 Å². The van der Waals surface area contributed by atoms with Crippen LogP contribution in [0.25, 0.3) is 0 Å². The average molecular weight is 387 g/mol. The van der Waals surface area contributed by atoms with Gasteiger partial charge in [0.05, 0.1) is 11.3 Å². The number of para-hydroxylation sites is 1. The Balaban J connectivity index is 1.64. The predicted molar refractivity (Wildman–Crippen MR) is 106 cm³/mol. The molecule has 3 rings (SSSR count). The van der Waals surface area contributed by atoms with Gasteiger partial charge in [0.2, 0.25) is 0 Å². The van der Waals surface area contributed by atoms with E-state index < -0.39 is 0 Å². The molecule has 27 heavy (non-hydrogen) atoms. The first-order valence-electron chi connectivity index (χ1n) is 9.20. The number of likely N-dealkylation sites (tertiary alicyclic amines) is 1. The molecule has 0 atom stereocenters. The summed E-state index contributed by atoms with van der Waals surface area (Å²) in [7, 11) is 0. The minimum atomic E-state index is -0.328. The van der Waals surface area contributed by atoms with Gasteiger partial charge in [-0.3, -0.25) is 9.59 Å². The summed E-state index contributed by atoms with van der Waals surface area (Å²) in [6.45, 7) is 1.37. The highest BCUT2D eigenvalue weighted by atomic mass is 35.5. The Bertz CT molecular complexity index is 802. The number of carbonyl (C=O) groups is 2. The number of nitrogens with zero attached hydrogens (tertiary/aromatic N) is 1. The standard InChI is InChI=1S/C21H23ClN2O3/c22-16-8-7-9-17(14-16)27-15-20(25)23-19-11-4-3-10-18(19)21(26)24-12-5-1-2-6-13-24/h3-4,7-11,14H,1-2,5-6,12-13,15H2,(H,23,25). The quantitative estimate of drug-likeness (QED) is 0.829. The average Bonchev–Trinajstić information content (AvgIpc) is 2.96. The normalized spacial score (nSPS) is 14.3. The van der Waals surface area contributed by atoms with Gasteiger partial charge in [-0.25, -0.2) is 0 Å². The predicted octanol–water partition coefficient (Wildman–Crippen LogP) is 4.37. The van der Waals surface area contributed by atoms with E-state index in [9.17, 15) is 9.59 Å². The summed E-state index contributed by atoms with van der Waals surface area (Å²) in [6, 6.07) is 14.0. The van der Waals surface area contributed by atoms with Crippen molar-refractivity contribution in [2.24, 2.45) is 0 Å². The van der Waals surface area contributed by atoms with E-state index in [4.69, 9.17) is 16.3 Å². The van der Waals surface area contributed by atoms with Crippen molar-refractivity contribution in [1.82, 2.24) is 4.90 Å². The molecule has 142 valence electrons. The monoisotopic (exact) mass is 386 g/mol. The Morgan fingerprint density at radius 3 is 2.48 bits per heavy atom. The molecular weight excluding hydrogens is 364 g/mol. The molecule has 0 saturated carbocycles. The van der Waals surface area contributed by atoms with Gasteiger partial charge in [0.15, 0.2) is 6.61 Å². The molecule has 5 nitrogen and oxygen atoms in total. The SMILES string of the molecule is O=C(COc1cccc(Cl)c1)Nc1ccccc1C(=O)N1CCCCCC1. The lowest BCUT2D eigenvalue weighted by Crippen LogP contribution is -2.33. The Morgan fingerprint density at radius 1 is 1.00 bits per heavy atom. The summed E-state index contributed by atoms with van der Waals surface area (Å²) in [6.07, 6.45) is 4.35. The maximum atomic E-state index is 12.9. The highest BCUT2D eigenvalue weighted by molar-refractivity contribution is 6.30. The summed E-state index contributed by atoms with van der Waals surface area (Å²) in [4.78, 5) is 27.1. The molecule has 2 aromatic carbocycles. The molecule has 0 aliphatic carbocycles. The third-order valence-corrected chi connectivity index (χ3v) is 4.73. The zero-order chi connectivity index (χ0) is 19.1. The van der Waals surface area contributed by atoms with Gasteiger partial charge in [0, 0.05) is 18.1 Å². The Labute approximate surface area is 164 Å². The maximum Gasteiger partial charge on any atom is 0.262 e. The Hall–Kier alpha value is -2.53. The number of hydrogen-bond acceptors (Lipinski definition) is 3. The van der Waals surface area contributed by atoms with Crippen molar-refractivity contribution < 1.29 is 14.3 Å². The number of amides is 2. The van der Waals surface area contributed by atoms with Crippen LogP contribution in [0.4, 0.5) is 5.69 Å². The summed E-state index contributed by atoms with van der Waals surface area (Å²) in [5, 5.41) is 3.33. The molecule has 0 aromatic heterocycles. The fourth-order valence-corrected chi connectivity index (χ4v) is 3.29. The first-order valence-corrected chi connectivity index (χ1v) is 9.58. The second kappa shape index (κ2) is 9.42. The topological polar surface area (TPSA) is 58.6 Å². The fraction of sp³-hybridized carbons (Fsp3) is 0.333. The van der Waals surface area contributed by atoms with Gasteiger partial charge in [-0.2, -0.15) is 0 Å². The second-order valence-electron chi connectivity index (χ2n) is 6.55. The van der Waals surface area contributed by atoms with Gasteiger partial charge < -0.3 is 15.0 Å². The first-order chi connectivity index (χ1) is 13.1. The molecule has 0 spiro atoms.